The quantitative estimate of drug-likeness (QED) is 0.745. The number of fused-ring (bicyclic) bond motifs is 5. The van der Waals surface area contributed by atoms with Gasteiger partial charge in [0, 0.05) is 9.65 Å². The molecule has 1 aromatic carbocycles. The van der Waals surface area contributed by atoms with Crippen LogP contribution in [0.15, 0.2) is 12.1 Å². The van der Waals surface area contributed by atoms with E-state index in [1.54, 1.807) is 14.2 Å². The van der Waals surface area contributed by atoms with Crippen molar-refractivity contribution in [2.75, 3.05) is 14.2 Å². The van der Waals surface area contributed by atoms with E-state index >= 15 is 0 Å². The summed E-state index contributed by atoms with van der Waals surface area (Å²) in [7, 11) is 3.38. The molecule has 2 nitrogen and oxygen atoms in total. The Morgan fingerprint density at radius 1 is 0.941 bits per heavy atom. The van der Waals surface area contributed by atoms with Gasteiger partial charge in [-0.3, -0.25) is 0 Å². The number of alkyl halides is 2. The van der Waals surface area contributed by atoms with E-state index in [0.29, 0.717) is 21.5 Å². The smallest absolute Gasteiger partial charge is 0.161 e. The average Bonchev–Trinajstić information content (AvgIpc) is 2.85. The fourth-order valence-corrected chi connectivity index (χ4v) is 4.87. The molecule has 3 rings (SSSR count). The SMILES string of the molecule is COc1cc2c(cc1OC)[C@@H]1C[C@H]2[C@@H](Br)[C@H]1Br. The highest BCUT2D eigenvalue weighted by molar-refractivity contribution is 9.12. The first-order valence-corrected chi connectivity index (χ1v) is 7.54. The fourth-order valence-electron chi connectivity index (χ4n) is 3.13. The van der Waals surface area contributed by atoms with Crippen LogP contribution in [0.25, 0.3) is 0 Å². The zero-order valence-electron chi connectivity index (χ0n) is 9.74. The van der Waals surface area contributed by atoms with E-state index in [1.165, 1.54) is 17.5 Å². The number of hydrogen-bond acceptors (Lipinski definition) is 2. The van der Waals surface area contributed by atoms with Crippen LogP contribution in [0.4, 0.5) is 0 Å². The van der Waals surface area contributed by atoms with Gasteiger partial charge < -0.3 is 9.47 Å². The molecule has 92 valence electrons. The summed E-state index contributed by atoms with van der Waals surface area (Å²) in [6, 6.07) is 4.29. The normalized spacial score (nSPS) is 33.6. The highest BCUT2D eigenvalue weighted by atomic mass is 79.9. The Bertz CT molecular complexity index is 420. The first-order chi connectivity index (χ1) is 8.17. The van der Waals surface area contributed by atoms with Gasteiger partial charge in [-0.05, 0) is 41.5 Å². The van der Waals surface area contributed by atoms with Crippen molar-refractivity contribution >= 4 is 31.9 Å². The van der Waals surface area contributed by atoms with Crippen molar-refractivity contribution < 1.29 is 9.47 Å². The molecule has 0 amide bonds. The van der Waals surface area contributed by atoms with E-state index in [9.17, 15) is 0 Å². The minimum atomic E-state index is 0.526. The number of hydrogen-bond donors (Lipinski definition) is 0. The first-order valence-electron chi connectivity index (χ1n) is 5.71. The lowest BCUT2D eigenvalue weighted by Crippen LogP contribution is -2.21. The standard InChI is InChI=1S/C13H14Br2O2/c1-16-10-4-6-7(5-11(10)17-2)9-3-8(6)12(14)13(9)15/h4-5,8-9,12-13H,3H2,1-2H3/t8-,9+,12-,13+. The minimum absolute atomic E-state index is 0.526. The van der Waals surface area contributed by atoms with Crippen LogP contribution in [-0.2, 0) is 0 Å². The fraction of sp³-hybridized carbons (Fsp3) is 0.538. The van der Waals surface area contributed by atoms with E-state index in [0.717, 1.165) is 11.5 Å². The van der Waals surface area contributed by atoms with E-state index in [1.807, 2.05) is 0 Å². The van der Waals surface area contributed by atoms with Crippen LogP contribution in [0, 0.1) is 0 Å². The Morgan fingerprint density at radius 2 is 1.35 bits per heavy atom. The van der Waals surface area contributed by atoms with Crippen LogP contribution < -0.4 is 9.47 Å². The zero-order valence-corrected chi connectivity index (χ0v) is 12.9. The lowest BCUT2D eigenvalue weighted by molar-refractivity contribution is 0.354. The van der Waals surface area contributed by atoms with Crippen molar-refractivity contribution in [1.82, 2.24) is 0 Å². The van der Waals surface area contributed by atoms with Crippen molar-refractivity contribution in [1.29, 1.82) is 0 Å². The van der Waals surface area contributed by atoms with Crippen molar-refractivity contribution in [3.63, 3.8) is 0 Å². The molecule has 2 aliphatic rings. The highest BCUT2D eigenvalue weighted by Gasteiger charge is 2.49. The molecule has 17 heavy (non-hydrogen) atoms. The van der Waals surface area contributed by atoms with Crippen molar-refractivity contribution in [3.05, 3.63) is 23.3 Å². The van der Waals surface area contributed by atoms with Gasteiger partial charge in [-0.25, -0.2) is 0 Å². The second-order valence-electron chi connectivity index (χ2n) is 4.67. The van der Waals surface area contributed by atoms with Crippen molar-refractivity contribution in [2.45, 2.75) is 27.9 Å². The maximum absolute atomic E-state index is 5.38. The van der Waals surface area contributed by atoms with E-state index < -0.39 is 0 Å². The molecule has 4 atom stereocenters. The van der Waals surface area contributed by atoms with Gasteiger partial charge in [0.05, 0.1) is 14.2 Å². The molecule has 1 aromatic rings. The monoisotopic (exact) mass is 360 g/mol. The Labute approximate surface area is 118 Å². The minimum Gasteiger partial charge on any atom is -0.493 e. The molecule has 2 aliphatic carbocycles. The van der Waals surface area contributed by atoms with Crippen LogP contribution in [0.3, 0.4) is 0 Å². The third-order valence-corrected chi connectivity index (χ3v) is 7.09. The Morgan fingerprint density at radius 3 is 1.71 bits per heavy atom. The molecule has 1 fully saturated rings. The molecule has 4 heteroatoms. The van der Waals surface area contributed by atoms with Crippen molar-refractivity contribution in [2.24, 2.45) is 0 Å². The zero-order chi connectivity index (χ0) is 12.2. The summed E-state index contributed by atoms with van der Waals surface area (Å²) in [6.45, 7) is 0. The van der Waals surface area contributed by atoms with Crippen LogP contribution in [0.5, 0.6) is 11.5 Å². The molecule has 2 bridgehead atoms. The Hall–Kier alpha value is -0.220. The number of halogens is 2. The van der Waals surface area contributed by atoms with Gasteiger partial charge >= 0.3 is 0 Å². The summed E-state index contributed by atoms with van der Waals surface area (Å²) < 4.78 is 10.8. The maximum atomic E-state index is 5.38. The van der Waals surface area contributed by atoms with Gasteiger partial charge in [0.2, 0.25) is 0 Å². The second kappa shape index (κ2) is 4.16. The predicted octanol–water partition coefficient (Wildman–Crippen LogP) is 3.82. The van der Waals surface area contributed by atoms with Gasteiger partial charge in [-0.2, -0.15) is 0 Å². The van der Waals surface area contributed by atoms with Gasteiger partial charge in [0.1, 0.15) is 0 Å². The summed E-state index contributed by atoms with van der Waals surface area (Å²) in [5, 5.41) is 0. The van der Waals surface area contributed by atoms with Crippen molar-refractivity contribution in [3.8, 4) is 11.5 Å². The first kappa shape index (κ1) is 11.8. The summed E-state index contributed by atoms with van der Waals surface area (Å²) in [4.78, 5) is 1.05. The Kier molecular flexibility index (Phi) is 2.90. The van der Waals surface area contributed by atoms with Crippen LogP contribution in [0.2, 0.25) is 0 Å². The van der Waals surface area contributed by atoms with E-state index in [-0.39, 0.29) is 0 Å². The summed E-state index contributed by atoms with van der Waals surface area (Å²) in [6.07, 6.45) is 1.22. The third-order valence-electron chi connectivity index (χ3n) is 3.97. The Balaban J connectivity index is 2.12. The summed E-state index contributed by atoms with van der Waals surface area (Å²) in [5.41, 5.74) is 2.84. The van der Waals surface area contributed by atoms with Crippen LogP contribution in [0.1, 0.15) is 29.4 Å². The molecule has 0 heterocycles. The second-order valence-corrected chi connectivity index (χ2v) is 6.79. The molecule has 0 spiro atoms. The molecule has 1 saturated carbocycles. The molecule has 0 unspecified atom stereocenters. The molecular weight excluding hydrogens is 348 g/mol. The predicted molar refractivity (Wildman–Crippen MR) is 75.1 cm³/mol. The number of ether oxygens (including phenoxy) is 2. The lowest BCUT2D eigenvalue weighted by Gasteiger charge is -2.26. The van der Waals surface area contributed by atoms with E-state index in [2.05, 4.69) is 44.0 Å². The number of rotatable bonds is 2. The summed E-state index contributed by atoms with van der Waals surface area (Å²) >= 11 is 7.59. The van der Waals surface area contributed by atoms with Gasteiger partial charge in [-0.15, -0.1) is 0 Å². The topological polar surface area (TPSA) is 18.5 Å². The van der Waals surface area contributed by atoms with Crippen LogP contribution >= 0.6 is 31.9 Å². The largest absolute Gasteiger partial charge is 0.493 e. The lowest BCUT2D eigenvalue weighted by atomic mass is 9.91. The molecule has 0 N–H and O–H groups in total. The molecule has 0 radical (unpaired) electrons. The highest BCUT2D eigenvalue weighted by Crippen LogP contribution is 2.59. The molecule has 0 aliphatic heterocycles. The molecule has 0 saturated heterocycles. The number of benzene rings is 1. The molecular formula is C13H14Br2O2. The van der Waals surface area contributed by atoms with Gasteiger partial charge in [-0.1, -0.05) is 31.9 Å². The van der Waals surface area contributed by atoms with Crippen LogP contribution in [-0.4, -0.2) is 23.9 Å². The molecule has 0 aromatic heterocycles. The average molecular weight is 362 g/mol. The maximum Gasteiger partial charge on any atom is 0.161 e. The summed E-state index contributed by atoms with van der Waals surface area (Å²) in [5.74, 6) is 2.87. The number of methoxy groups -OCH3 is 2. The van der Waals surface area contributed by atoms with Gasteiger partial charge in [0.25, 0.3) is 0 Å². The third kappa shape index (κ3) is 1.56. The van der Waals surface area contributed by atoms with Gasteiger partial charge in [0.15, 0.2) is 11.5 Å². The van der Waals surface area contributed by atoms with E-state index in [4.69, 9.17) is 9.47 Å².